The molecule has 2 bridgehead atoms. The number of hydrogen-bond acceptors (Lipinski definition) is 4. The van der Waals surface area contributed by atoms with Gasteiger partial charge in [-0.1, -0.05) is 29.0 Å². The summed E-state index contributed by atoms with van der Waals surface area (Å²) in [4.78, 5) is 8.34. The second kappa shape index (κ2) is 4.12. The number of piperidine rings is 1. The summed E-state index contributed by atoms with van der Waals surface area (Å²) >= 11 is 7.76. The van der Waals surface area contributed by atoms with Gasteiger partial charge in [-0.25, -0.2) is 4.98 Å². The number of halogens is 1. The summed E-state index contributed by atoms with van der Waals surface area (Å²) in [7, 11) is 0. The Morgan fingerprint density at radius 2 is 2.26 bits per heavy atom. The van der Waals surface area contributed by atoms with Crippen molar-refractivity contribution in [2.75, 3.05) is 17.2 Å². The van der Waals surface area contributed by atoms with Crippen LogP contribution < -0.4 is 10.6 Å². The number of nitrogens with zero attached hydrogens (tertiary/aromatic N) is 2. The van der Waals surface area contributed by atoms with Crippen molar-refractivity contribution >= 4 is 33.8 Å². The molecular weight excluding hydrogens is 278 g/mol. The highest BCUT2D eigenvalue weighted by molar-refractivity contribution is 7.15. The topological polar surface area (TPSA) is 42.1 Å². The molecule has 0 amide bonds. The van der Waals surface area contributed by atoms with Crippen molar-refractivity contribution in [2.24, 2.45) is 0 Å². The molecule has 0 radical (unpaired) electrons. The number of nitrogen functional groups attached to an aromatic ring is 1. The van der Waals surface area contributed by atoms with Crippen LogP contribution in [0.4, 0.5) is 10.8 Å². The second-order valence-corrected chi connectivity index (χ2v) is 6.72. The highest BCUT2D eigenvalue weighted by Crippen LogP contribution is 2.50. The molecule has 98 valence electrons. The summed E-state index contributed by atoms with van der Waals surface area (Å²) in [5.74, 6) is 0.521. The van der Waals surface area contributed by atoms with E-state index < -0.39 is 0 Å². The van der Waals surface area contributed by atoms with E-state index in [1.54, 1.807) is 11.3 Å². The molecule has 2 aromatic rings. The van der Waals surface area contributed by atoms with E-state index in [9.17, 15) is 0 Å². The van der Waals surface area contributed by atoms with Crippen LogP contribution >= 0.6 is 22.9 Å². The first kappa shape index (κ1) is 11.6. The molecule has 3 nitrogen and oxygen atoms in total. The van der Waals surface area contributed by atoms with E-state index in [-0.39, 0.29) is 0 Å². The molecule has 1 aliphatic carbocycles. The van der Waals surface area contributed by atoms with Crippen LogP contribution in [0.15, 0.2) is 24.3 Å². The van der Waals surface area contributed by atoms with Gasteiger partial charge < -0.3 is 10.6 Å². The predicted molar refractivity (Wildman–Crippen MR) is 80.0 cm³/mol. The third-order valence-corrected chi connectivity index (χ3v) is 5.35. The number of rotatable bonds is 1. The van der Waals surface area contributed by atoms with Crippen LogP contribution in [-0.4, -0.2) is 11.5 Å². The first-order chi connectivity index (χ1) is 9.22. The van der Waals surface area contributed by atoms with Crippen molar-refractivity contribution in [3.05, 3.63) is 39.9 Å². The van der Waals surface area contributed by atoms with Gasteiger partial charge in [0.15, 0.2) is 5.13 Å². The highest BCUT2D eigenvalue weighted by Gasteiger charge is 2.41. The Balaban J connectivity index is 1.78. The Morgan fingerprint density at radius 1 is 1.37 bits per heavy atom. The number of hydrogen-bond donors (Lipinski definition) is 1. The van der Waals surface area contributed by atoms with Gasteiger partial charge in [0.1, 0.15) is 0 Å². The van der Waals surface area contributed by atoms with E-state index in [0.717, 1.165) is 11.6 Å². The predicted octanol–water partition coefficient (Wildman–Crippen LogP) is 3.82. The van der Waals surface area contributed by atoms with Crippen molar-refractivity contribution in [2.45, 2.75) is 24.8 Å². The third kappa shape index (κ3) is 1.74. The largest absolute Gasteiger partial charge is 0.375 e. The van der Waals surface area contributed by atoms with Crippen molar-refractivity contribution in [1.82, 2.24) is 4.98 Å². The zero-order valence-corrected chi connectivity index (χ0v) is 11.9. The van der Waals surface area contributed by atoms with Crippen molar-refractivity contribution in [3.8, 4) is 0 Å². The fourth-order valence-corrected chi connectivity index (χ4v) is 4.55. The fourth-order valence-electron chi connectivity index (χ4n) is 3.30. The molecule has 0 saturated carbocycles. The Morgan fingerprint density at radius 3 is 3.11 bits per heavy atom. The minimum atomic E-state index is 0.424. The molecule has 0 spiro atoms. The molecule has 1 aromatic heterocycles. The molecule has 2 atom stereocenters. The average molecular weight is 292 g/mol. The molecular formula is C14H14ClN3S. The summed E-state index contributed by atoms with van der Waals surface area (Å²) < 4.78 is 0. The van der Waals surface area contributed by atoms with Crippen LogP contribution in [0.1, 0.15) is 35.4 Å². The molecule has 5 heteroatoms. The Labute approximate surface area is 121 Å². The van der Waals surface area contributed by atoms with E-state index in [2.05, 4.69) is 16.0 Å². The highest BCUT2D eigenvalue weighted by atomic mass is 35.5. The van der Waals surface area contributed by atoms with Crippen LogP contribution in [0.25, 0.3) is 0 Å². The summed E-state index contributed by atoms with van der Waals surface area (Å²) in [6.07, 6.45) is 2.41. The van der Waals surface area contributed by atoms with Gasteiger partial charge in [0.2, 0.25) is 0 Å². The molecule has 1 saturated heterocycles. The van der Waals surface area contributed by atoms with Gasteiger partial charge in [-0.15, -0.1) is 0 Å². The Kier molecular flexibility index (Phi) is 2.50. The van der Waals surface area contributed by atoms with Crippen molar-refractivity contribution in [1.29, 1.82) is 0 Å². The fraction of sp³-hybridized carbons (Fsp3) is 0.357. The zero-order valence-electron chi connectivity index (χ0n) is 10.3. The van der Waals surface area contributed by atoms with Gasteiger partial charge >= 0.3 is 0 Å². The second-order valence-electron chi connectivity index (χ2n) is 5.22. The summed E-state index contributed by atoms with van der Waals surface area (Å²) in [6, 6.07) is 8.54. The van der Waals surface area contributed by atoms with Gasteiger partial charge in [0, 0.05) is 23.2 Å². The summed E-state index contributed by atoms with van der Waals surface area (Å²) in [5.41, 5.74) is 8.34. The van der Waals surface area contributed by atoms with Crippen LogP contribution in [0.3, 0.4) is 0 Å². The van der Waals surface area contributed by atoms with E-state index >= 15 is 0 Å². The van der Waals surface area contributed by atoms with E-state index in [1.165, 1.54) is 29.1 Å². The van der Waals surface area contributed by atoms with Gasteiger partial charge in [-0.2, -0.15) is 0 Å². The molecule has 5 rings (SSSR count). The van der Waals surface area contributed by atoms with E-state index in [0.29, 0.717) is 17.1 Å². The third-order valence-electron chi connectivity index (χ3n) is 4.11. The molecule has 3 heterocycles. The van der Waals surface area contributed by atoms with Gasteiger partial charge in [0.05, 0.1) is 16.6 Å². The summed E-state index contributed by atoms with van der Waals surface area (Å²) in [6.45, 7) is 1.03. The Bertz CT molecular complexity index is 639. The van der Waals surface area contributed by atoms with Gasteiger partial charge in [-0.05, 0) is 31.0 Å². The van der Waals surface area contributed by atoms with E-state index in [4.69, 9.17) is 17.3 Å². The normalized spacial score (nSPS) is 24.6. The number of nitrogens with two attached hydrogens (primary N) is 1. The quantitative estimate of drug-likeness (QED) is 0.868. The lowest BCUT2D eigenvalue weighted by atomic mass is 9.81. The molecule has 2 unspecified atom stereocenters. The maximum absolute atomic E-state index is 6.11. The van der Waals surface area contributed by atoms with Gasteiger partial charge in [-0.3, -0.25) is 0 Å². The Hall–Kier alpha value is -1.26. The molecule has 19 heavy (non-hydrogen) atoms. The lowest BCUT2D eigenvalue weighted by Gasteiger charge is -2.45. The molecule has 3 aliphatic rings. The number of aromatic nitrogens is 1. The monoisotopic (exact) mass is 291 g/mol. The summed E-state index contributed by atoms with van der Waals surface area (Å²) in [5, 5.41) is 1.50. The number of fused-ring (bicyclic) bond motifs is 2. The van der Waals surface area contributed by atoms with Crippen molar-refractivity contribution < 1.29 is 0 Å². The van der Waals surface area contributed by atoms with Crippen LogP contribution in [0, 0.1) is 0 Å². The van der Waals surface area contributed by atoms with Crippen LogP contribution in [0.5, 0.6) is 0 Å². The average Bonchev–Trinajstić information content (AvgIpc) is 2.82. The lowest BCUT2D eigenvalue weighted by molar-refractivity contribution is 0.389. The van der Waals surface area contributed by atoms with Crippen LogP contribution in [-0.2, 0) is 0 Å². The first-order valence-corrected chi connectivity index (χ1v) is 7.70. The number of thiazole rings is 1. The minimum Gasteiger partial charge on any atom is -0.375 e. The standard InChI is InChI=1S/C14H14ClN3S/c15-9-2-1-3-10(6-9)18-7-8-4-5-11(18)13-12(8)17-14(16)19-13/h1-3,6,8,11H,4-5,7H2,(H2,16,17). The number of benzene rings is 1. The molecule has 1 fully saturated rings. The van der Waals surface area contributed by atoms with Crippen molar-refractivity contribution in [3.63, 3.8) is 0 Å². The maximum Gasteiger partial charge on any atom is 0.180 e. The van der Waals surface area contributed by atoms with Gasteiger partial charge in [0.25, 0.3) is 0 Å². The maximum atomic E-state index is 6.11. The molecule has 1 aromatic carbocycles. The SMILES string of the molecule is Nc1nc2c(s1)C1CCC2CN1c1cccc(Cl)c1. The molecule has 2 aliphatic heterocycles. The van der Waals surface area contributed by atoms with Crippen LogP contribution in [0.2, 0.25) is 5.02 Å². The molecule has 2 N–H and O–H groups in total. The zero-order chi connectivity index (χ0) is 13.0. The first-order valence-electron chi connectivity index (χ1n) is 6.50. The minimum absolute atomic E-state index is 0.424. The van der Waals surface area contributed by atoms with E-state index in [1.807, 2.05) is 18.2 Å². The lowest BCUT2D eigenvalue weighted by Crippen LogP contribution is -2.42. The number of anilines is 2. The smallest absolute Gasteiger partial charge is 0.180 e.